The molecule has 2 aromatic heterocycles. The lowest BCUT2D eigenvalue weighted by atomic mass is 10.1. The highest BCUT2D eigenvalue weighted by molar-refractivity contribution is 6.30. The Labute approximate surface area is 141 Å². The minimum absolute atomic E-state index is 0.701. The van der Waals surface area contributed by atoms with Crippen LogP contribution in [0.1, 0.15) is 11.3 Å². The third-order valence-corrected chi connectivity index (χ3v) is 4.04. The molecule has 1 aromatic carbocycles. The van der Waals surface area contributed by atoms with Crippen LogP contribution in [0.25, 0.3) is 16.9 Å². The molecule has 0 aliphatic heterocycles. The zero-order valence-corrected chi connectivity index (χ0v) is 14.6. The van der Waals surface area contributed by atoms with E-state index in [1.54, 1.807) is 7.11 Å². The van der Waals surface area contributed by atoms with Gasteiger partial charge in [0.25, 0.3) is 0 Å². The first kappa shape index (κ1) is 15.8. The van der Waals surface area contributed by atoms with Gasteiger partial charge in [0.1, 0.15) is 11.4 Å². The zero-order valence-electron chi connectivity index (χ0n) is 13.8. The summed E-state index contributed by atoms with van der Waals surface area (Å²) in [6.45, 7) is 2.82. The van der Waals surface area contributed by atoms with Gasteiger partial charge in [-0.1, -0.05) is 11.6 Å². The molecule has 0 saturated heterocycles. The molecule has 0 amide bonds. The smallest absolute Gasteiger partial charge is 0.137 e. The molecule has 0 N–H and O–H groups in total. The van der Waals surface area contributed by atoms with Gasteiger partial charge < -0.3 is 14.0 Å². The first-order chi connectivity index (χ1) is 11.0. The molecule has 3 aromatic rings. The summed E-state index contributed by atoms with van der Waals surface area (Å²) >= 11 is 6.17. The van der Waals surface area contributed by atoms with Crippen LogP contribution >= 0.6 is 11.6 Å². The normalized spacial score (nSPS) is 11.4. The van der Waals surface area contributed by atoms with Crippen LogP contribution in [0.4, 0.5) is 0 Å². The number of aryl methyl sites for hydroxylation is 1. The first-order valence-corrected chi connectivity index (χ1v) is 7.83. The Balaban J connectivity index is 2.21. The summed E-state index contributed by atoms with van der Waals surface area (Å²) in [7, 11) is 5.78. The Morgan fingerprint density at radius 3 is 2.65 bits per heavy atom. The third kappa shape index (κ3) is 3.05. The molecular weight excluding hydrogens is 310 g/mol. The van der Waals surface area contributed by atoms with Crippen LogP contribution in [-0.4, -0.2) is 35.5 Å². The molecule has 3 rings (SSSR count). The second-order valence-electron chi connectivity index (χ2n) is 5.90. The van der Waals surface area contributed by atoms with Crippen LogP contribution in [0.3, 0.4) is 0 Å². The molecule has 0 unspecified atom stereocenters. The first-order valence-electron chi connectivity index (χ1n) is 7.46. The van der Waals surface area contributed by atoms with Crippen LogP contribution in [0.15, 0.2) is 36.5 Å². The number of hydrogen-bond acceptors (Lipinski definition) is 3. The summed E-state index contributed by atoms with van der Waals surface area (Å²) in [5, 5.41) is 0.701. The molecule has 2 heterocycles. The van der Waals surface area contributed by atoms with Crippen LogP contribution in [0.2, 0.25) is 5.02 Å². The van der Waals surface area contributed by atoms with Crippen molar-refractivity contribution < 1.29 is 4.74 Å². The van der Waals surface area contributed by atoms with Crippen molar-refractivity contribution in [1.29, 1.82) is 0 Å². The second-order valence-corrected chi connectivity index (χ2v) is 6.34. The lowest BCUT2D eigenvalue weighted by Crippen LogP contribution is -2.13. The van der Waals surface area contributed by atoms with Crippen LogP contribution in [0, 0.1) is 6.92 Å². The molecule has 0 aliphatic rings. The van der Waals surface area contributed by atoms with Crippen molar-refractivity contribution in [2.75, 3.05) is 21.2 Å². The summed E-state index contributed by atoms with van der Waals surface area (Å²) in [4.78, 5) is 6.94. The van der Waals surface area contributed by atoms with Crippen LogP contribution < -0.4 is 4.74 Å². The van der Waals surface area contributed by atoms with Gasteiger partial charge in [-0.15, -0.1) is 0 Å². The Bertz CT molecular complexity index is 855. The van der Waals surface area contributed by atoms with E-state index in [-0.39, 0.29) is 0 Å². The number of fused-ring (bicyclic) bond motifs is 1. The van der Waals surface area contributed by atoms with E-state index >= 15 is 0 Å². The number of halogens is 1. The average molecular weight is 330 g/mol. The van der Waals surface area contributed by atoms with Gasteiger partial charge in [0.15, 0.2) is 0 Å². The van der Waals surface area contributed by atoms with Crippen molar-refractivity contribution in [3.8, 4) is 17.0 Å². The maximum atomic E-state index is 6.17. The number of ether oxygens (including phenoxy) is 1. The fourth-order valence-electron chi connectivity index (χ4n) is 2.77. The molecular formula is C18H20ClN3O. The van der Waals surface area contributed by atoms with Crippen LogP contribution in [-0.2, 0) is 6.54 Å². The molecule has 5 heteroatoms. The summed E-state index contributed by atoms with van der Waals surface area (Å²) in [5.74, 6) is 0.884. The number of nitrogens with zero attached hydrogens (tertiary/aromatic N) is 3. The van der Waals surface area contributed by atoms with Crippen molar-refractivity contribution in [3.05, 3.63) is 52.8 Å². The van der Waals surface area contributed by atoms with Gasteiger partial charge in [-0.2, -0.15) is 0 Å². The summed E-state index contributed by atoms with van der Waals surface area (Å²) in [6.07, 6.45) is 1.92. The van der Waals surface area contributed by atoms with Crippen molar-refractivity contribution in [2.45, 2.75) is 13.5 Å². The Morgan fingerprint density at radius 2 is 2.00 bits per heavy atom. The lowest BCUT2D eigenvalue weighted by molar-refractivity contribution is 0.396. The molecule has 4 nitrogen and oxygen atoms in total. The maximum absolute atomic E-state index is 6.17. The Kier molecular flexibility index (Phi) is 4.28. The van der Waals surface area contributed by atoms with Gasteiger partial charge in [-0.25, -0.2) is 4.98 Å². The molecule has 0 bridgehead atoms. The van der Waals surface area contributed by atoms with E-state index < -0.39 is 0 Å². The van der Waals surface area contributed by atoms with Gasteiger partial charge in [0.2, 0.25) is 0 Å². The predicted molar refractivity (Wildman–Crippen MR) is 94.3 cm³/mol. The van der Waals surface area contributed by atoms with E-state index in [0.29, 0.717) is 5.02 Å². The largest absolute Gasteiger partial charge is 0.496 e. The van der Waals surface area contributed by atoms with Gasteiger partial charge in [-0.05, 0) is 56.9 Å². The summed E-state index contributed by atoms with van der Waals surface area (Å²) in [5.41, 5.74) is 5.18. The molecule has 0 fully saturated rings. The van der Waals surface area contributed by atoms with E-state index in [0.717, 1.165) is 40.5 Å². The van der Waals surface area contributed by atoms with Gasteiger partial charge in [0.05, 0.1) is 23.5 Å². The van der Waals surface area contributed by atoms with Crippen molar-refractivity contribution in [1.82, 2.24) is 14.3 Å². The number of benzene rings is 1. The molecule has 0 spiro atoms. The van der Waals surface area contributed by atoms with E-state index in [2.05, 4.69) is 15.4 Å². The minimum atomic E-state index is 0.701. The number of hydrogen-bond donors (Lipinski definition) is 0. The molecule has 120 valence electrons. The van der Waals surface area contributed by atoms with Gasteiger partial charge >= 0.3 is 0 Å². The topological polar surface area (TPSA) is 29.8 Å². The lowest BCUT2D eigenvalue weighted by Gasteiger charge is -2.12. The maximum Gasteiger partial charge on any atom is 0.137 e. The van der Waals surface area contributed by atoms with E-state index in [9.17, 15) is 0 Å². The molecule has 23 heavy (non-hydrogen) atoms. The van der Waals surface area contributed by atoms with Crippen LogP contribution in [0.5, 0.6) is 5.75 Å². The Hall–Kier alpha value is -2.04. The molecule has 0 saturated carbocycles. The standard InChI is InChI=1S/C18H20ClN3O/c1-12-9-13(5-7-16(12)23-4)18-15(11-21(2)3)22-10-14(19)6-8-17(22)20-18/h5-10H,11H2,1-4H3. The fraction of sp³-hybridized carbons (Fsp3) is 0.278. The Morgan fingerprint density at radius 1 is 1.22 bits per heavy atom. The predicted octanol–water partition coefficient (Wildman–Crippen LogP) is 4.03. The number of rotatable bonds is 4. The quantitative estimate of drug-likeness (QED) is 0.723. The number of imidazole rings is 1. The monoisotopic (exact) mass is 329 g/mol. The third-order valence-electron chi connectivity index (χ3n) is 3.82. The van der Waals surface area contributed by atoms with Crippen molar-refractivity contribution >= 4 is 17.2 Å². The number of pyridine rings is 1. The van der Waals surface area contributed by atoms with E-state index in [1.807, 2.05) is 51.5 Å². The zero-order chi connectivity index (χ0) is 16.6. The highest BCUT2D eigenvalue weighted by Crippen LogP contribution is 2.30. The van der Waals surface area contributed by atoms with E-state index in [4.69, 9.17) is 21.3 Å². The minimum Gasteiger partial charge on any atom is -0.496 e. The highest BCUT2D eigenvalue weighted by Gasteiger charge is 2.16. The molecule has 0 atom stereocenters. The molecule has 0 radical (unpaired) electrons. The summed E-state index contributed by atoms with van der Waals surface area (Å²) < 4.78 is 7.42. The fourth-order valence-corrected chi connectivity index (χ4v) is 2.94. The second kappa shape index (κ2) is 6.22. The van der Waals surface area contributed by atoms with Gasteiger partial charge in [0, 0.05) is 18.3 Å². The average Bonchev–Trinajstić information content (AvgIpc) is 2.84. The highest BCUT2D eigenvalue weighted by atomic mass is 35.5. The molecule has 0 aliphatic carbocycles. The number of methoxy groups -OCH3 is 1. The van der Waals surface area contributed by atoms with Crippen molar-refractivity contribution in [2.24, 2.45) is 0 Å². The number of aromatic nitrogens is 2. The van der Waals surface area contributed by atoms with E-state index in [1.165, 1.54) is 0 Å². The van der Waals surface area contributed by atoms with Gasteiger partial charge in [-0.3, -0.25) is 0 Å². The summed E-state index contributed by atoms with van der Waals surface area (Å²) in [6, 6.07) is 9.96. The SMILES string of the molecule is COc1ccc(-c2nc3ccc(Cl)cn3c2CN(C)C)cc1C. The van der Waals surface area contributed by atoms with Crippen molar-refractivity contribution in [3.63, 3.8) is 0 Å².